The molecule has 1 aliphatic rings. The standard InChI is InChI=1S/C17H24N2O3/c1-12(2)18-8-9-19(16(18)22)14-7-5-6-13(10-14)11-17(3,4)15(20)21/h5-7,10,12H,8-9,11H2,1-4H3,(H,20,21). The molecule has 120 valence electrons. The SMILES string of the molecule is CC(C)N1CCN(c2cccc(CC(C)(C)C(=O)O)c2)C1=O. The summed E-state index contributed by atoms with van der Waals surface area (Å²) in [7, 11) is 0. The Morgan fingerprint density at radius 3 is 2.55 bits per heavy atom. The molecular formula is C17H24N2O3. The molecule has 1 N–H and O–H groups in total. The van der Waals surface area contributed by atoms with Gasteiger partial charge in [-0.3, -0.25) is 9.69 Å². The van der Waals surface area contributed by atoms with Crippen molar-refractivity contribution in [1.82, 2.24) is 4.90 Å². The van der Waals surface area contributed by atoms with Crippen LogP contribution in [0.2, 0.25) is 0 Å². The van der Waals surface area contributed by atoms with Crippen molar-refractivity contribution in [2.75, 3.05) is 18.0 Å². The summed E-state index contributed by atoms with van der Waals surface area (Å²) in [5.74, 6) is -0.818. The lowest BCUT2D eigenvalue weighted by Crippen LogP contribution is -2.36. The molecule has 0 aromatic heterocycles. The first-order valence-corrected chi connectivity index (χ1v) is 7.63. The van der Waals surface area contributed by atoms with E-state index >= 15 is 0 Å². The van der Waals surface area contributed by atoms with Gasteiger partial charge in [0, 0.05) is 24.8 Å². The first-order chi connectivity index (χ1) is 10.2. The van der Waals surface area contributed by atoms with Crippen molar-refractivity contribution in [2.45, 2.75) is 40.2 Å². The minimum Gasteiger partial charge on any atom is -0.481 e. The first-order valence-electron chi connectivity index (χ1n) is 7.63. The zero-order valence-electron chi connectivity index (χ0n) is 13.7. The van der Waals surface area contributed by atoms with Gasteiger partial charge in [-0.15, -0.1) is 0 Å². The summed E-state index contributed by atoms with van der Waals surface area (Å²) in [6.45, 7) is 8.83. The fourth-order valence-corrected chi connectivity index (χ4v) is 2.69. The van der Waals surface area contributed by atoms with Crippen molar-refractivity contribution in [1.29, 1.82) is 0 Å². The molecule has 1 aromatic rings. The van der Waals surface area contributed by atoms with Crippen molar-refractivity contribution >= 4 is 17.7 Å². The van der Waals surface area contributed by atoms with Crippen LogP contribution in [0.1, 0.15) is 33.3 Å². The fourth-order valence-electron chi connectivity index (χ4n) is 2.69. The van der Waals surface area contributed by atoms with Crippen LogP contribution in [0.25, 0.3) is 0 Å². The number of carboxylic acids is 1. The second-order valence-corrected chi connectivity index (χ2v) is 6.76. The van der Waals surface area contributed by atoms with E-state index in [2.05, 4.69) is 0 Å². The molecular weight excluding hydrogens is 280 g/mol. The molecule has 22 heavy (non-hydrogen) atoms. The summed E-state index contributed by atoms with van der Waals surface area (Å²) in [5.41, 5.74) is 0.949. The topological polar surface area (TPSA) is 60.9 Å². The van der Waals surface area contributed by atoms with E-state index in [1.165, 1.54) is 0 Å². The van der Waals surface area contributed by atoms with Crippen LogP contribution in [-0.4, -0.2) is 41.1 Å². The van der Waals surface area contributed by atoms with Crippen LogP contribution in [-0.2, 0) is 11.2 Å². The van der Waals surface area contributed by atoms with Crippen molar-refractivity contribution in [3.05, 3.63) is 29.8 Å². The number of anilines is 1. The number of nitrogens with zero attached hydrogens (tertiary/aromatic N) is 2. The molecule has 5 heteroatoms. The molecule has 1 saturated heterocycles. The monoisotopic (exact) mass is 304 g/mol. The Morgan fingerprint density at radius 1 is 1.32 bits per heavy atom. The van der Waals surface area contributed by atoms with Gasteiger partial charge in [0.25, 0.3) is 0 Å². The predicted octanol–water partition coefficient (Wildman–Crippen LogP) is 2.99. The van der Waals surface area contributed by atoms with Gasteiger partial charge in [-0.2, -0.15) is 0 Å². The number of rotatable bonds is 5. The van der Waals surface area contributed by atoms with Gasteiger partial charge < -0.3 is 10.0 Å². The van der Waals surface area contributed by atoms with E-state index in [9.17, 15) is 14.7 Å². The number of hydrogen-bond acceptors (Lipinski definition) is 2. The predicted molar refractivity (Wildman–Crippen MR) is 86.1 cm³/mol. The van der Waals surface area contributed by atoms with E-state index in [4.69, 9.17) is 0 Å². The number of urea groups is 1. The second-order valence-electron chi connectivity index (χ2n) is 6.76. The molecule has 0 radical (unpaired) electrons. The molecule has 0 aliphatic carbocycles. The second kappa shape index (κ2) is 5.99. The van der Waals surface area contributed by atoms with E-state index in [0.717, 1.165) is 17.8 Å². The average molecular weight is 304 g/mol. The molecule has 1 aromatic carbocycles. The lowest BCUT2D eigenvalue weighted by atomic mass is 9.86. The van der Waals surface area contributed by atoms with Gasteiger partial charge in [-0.25, -0.2) is 4.79 Å². The molecule has 0 saturated carbocycles. The van der Waals surface area contributed by atoms with E-state index in [1.807, 2.05) is 43.0 Å². The van der Waals surface area contributed by atoms with Crippen molar-refractivity contribution < 1.29 is 14.7 Å². The molecule has 5 nitrogen and oxygen atoms in total. The van der Waals surface area contributed by atoms with E-state index in [0.29, 0.717) is 13.0 Å². The Morgan fingerprint density at radius 2 is 2.00 bits per heavy atom. The third kappa shape index (κ3) is 3.24. The molecule has 0 atom stereocenters. The van der Waals surface area contributed by atoms with E-state index < -0.39 is 11.4 Å². The summed E-state index contributed by atoms with van der Waals surface area (Å²) in [6, 6.07) is 7.82. The lowest BCUT2D eigenvalue weighted by Gasteiger charge is -2.23. The Labute approximate surface area is 131 Å². The zero-order valence-corrected chi connectivity index (χ0v) is 13.7. The highest BCUT2D eigenvalue weighted by molar-refractivity contribution is 5.94. The maximum Gasteiger partial charge on any atom is 0.324 e. The molecule has 1 fully saturated rings. The normalized spacial score (nSPS) is 15.8. The Hall–Kier alpha value is -2.04. The molecule has 1 heterocycles. The molecule has 1 aliphatic heterocycles. The number of amides is 2. The van der Waals surface area contributed by atoms with E-state index in [-0.39, 0.29) is 12.1 Å². The number of carboxylic acid groups (broad SMARTS) is 1. The minimum absolute atomic E-state index is 0.0182. The third-order valence-corrected chi connectivity index (χ3v) is 4.11. The van der Waals surface area contributed by atoms with Crippen molar-refractivity contribution in [3.8, 4) is 0 Å². The Bertz CT molecular complexity index is 581. The number of carbonyl (C=O) groups excluding carboxylic acids is 1. The van der Waals surface area contributed by atoms with Crippen molar-refractivity contribution in [2.24, 2.45) is 5.41 Å². The van der Waals surface area contributed by atoms with Crippen LogP contribution in [0.5, 0.6) is 0 Å². The number of aliphatic carboxylic acids is 1. The highest BCUT2D eigenvalue weighted by Gasteiger charge is 2.32. The van der Waals surface area contributed by atoms with Gasteiger partial charge in [0.05, 0.1) is 5.41 Å². The van der Waals surface area contributed by atoms with Gasteiger partial charge >= 0.3 is 12.0 Å². The van der Waals surface area contributed by atoms with Gasteiger partial charge in [0.2, 0.25) is 0 Å². The largest absolute Gasteiger partial charge is 0.481 e. The maximum atomic E-state index is 12.4. The van der Waals surface area contributed by atoms with Gasteiger partial charge in [-0.05, 0) is 51.8 Å². The summed E-state index contributed by atoms with van der Waals surface area (Å²) >= 11 is 0. The number of benzene rings is 1. The van der Waals surface area contributed by atoms with E-state index in [1.54, 1.807) is 18.7 Å². The van der Waals surface area contributed by atoms with Crippen LogP contribution < -0.4 is 4.90 Å². The van der Waals surface area contributed by atoms with Gasteiger partial charge in [0.1, 0.15) is 0 Å². The van der Waals surface area contributed by atoms with Crippen LogP contribution in [0.15, 0.2) is 24.3 Å². The molecule has 0 spiro atoms. The van der Waals surface area contributed by atoms with Crippen LogP contribution in [0.4, 0.5) is 10.5 Å². The van der Waals surface area contributed by atoms with Gasteiger partial charge in [-0.1, -0.05) is 12.1 Å². The summed E-state index contributed by atoms with van der Waals surface area (Å²) in [4.78, 5) is 27.3. The zero-order chi connectivity index (χ0) is 16.5. The number of hydrogen-bond donors (Lipinski definition) is 1. The fraction of sp³-hybridized carbons (Fsp3) is 0.529. The smallest absolute Gasteiger partial charge is 0.324 e. The summed E-state index contributed by atoms with van der Waals surface area (Å²) in [6.07, 6.45) is 0.437. The third-order valence-electron chi connectivity index (χ3n) is 4.11. The van der Waals surface area contributed by atoms with Gasteiger partial charge in [0.15, 0.2) is 0 Å². The molecule has 0 bridgehead atoms. The van der Waals surface area contributed by atoms with Crippen LogP contribution >= 0.6 is 0 Å². The number of carbonyl (C=O) groups is 2. The Balaban J connectivity index is 2.19. The van der Waals surface area contributed by atoms with Crippen molar-refractivity contribution in [3.63, 3.8) is 0 Å². The van der Waals surface area contributed by atoms with Crippen LogP contribution in [0, 0.1) is 5.41 Å². The lowest BCUT2D eigenvalue weighted by molar-refractivity contribution is -0.146. The molecule has 0 unspecified atom stereocenters. The molecule has 2 amide bonds. The maximum absolute atomic E-state index is 12.4. The quantitative estimate of drug-likeness (QED) is 0.909. The molecule has 2 rings (SSSR count). The highest BCUT2D eigenvalue weighted by Crippen LogP contribution is 2.27. The minimum atomic E-state index is -0.822. The highest BCUT2D eigenvalue weighted by atomic mass is 16.4. The first kappa shape index (κ1) is 16.3. The Kier molecular flexibility index (Phi) is 4.44. The summed E-state index contributed by atoms with van der Waals surface area (Å²) in [5, 5.41) is 9.25. The summed E-state index contributed by atoms with van der Waals surface area (Å²) < 4.78 is 0. The van der Waals surface area contributed by atoms with Crippen LogP contribution in [0.3, 0.4) is 0 Å². The average Bonchev–Trinajstić information content (AvgIpc) is 2.80.